The molecule has 2 rings (SSSR count). The Kier molecular flexibility index (Phi) is 2.72. The molecule has 0 N–H and O–H groups in total. The fraction of sp³-hybridized carbons (Fsp3) is 0.143. The van der Waals surface area contributed by atoms with Crippen LogP contribution in [0.5, 0.6) is 5.75 Å². The van der Waals surface area contributed by atoms with Crippen molar-refractivity contribution >= 4 is 0 Å². The molecule has 0 aromatic heterocycles. The number of benzene rings is 2. The van der Waals surface area contributed by atoms with Gasteiger partial charge in [-0.1, -0.05) is 42.5 Å². The van der Waals surface area contributed by atoms with Crippen molar-refractivity contribution in [3.8, 4) is 16.9 Å². The average molecular weight is 198 g/mol. The fourth-order valence-corrected chi connectivity index (χ4v) is 1.77. The van der Waals surface area contributed by atoms with E-state index in [-0.39, 0.29) is 0 Å². The summed E-state index contributed by atoms with van der Waals surface area (Å²) in [5, 5.41) is 0. The Morgan fingerprint density at radius 3 is 2.27 bits per heavy atom. The summed E-state index contributed by atoms with van der Waals surface area (Å²) in [6.07, 6.45) is 0. The number of hydrogen-bond donors (Lipinski definition) is 0. The van der Waals surface area contributed by atoms with Gasteiger partial charge in [0.15, 0.2) is 0 Å². The van der Waals surface area contributed by atoms with Gasteiger partial charge in [-0.05, 0) is 29.7 Å². The zero-order valence-electron chi connectivity index (χ0n) is 9.03. The Bertz CT molecular complexity index is 446. The van der Waals surface area contributed by atoms with Crippen LogP contribution in [0, 0.1) is 6.92 Å². The van der Waals surface area contributed by atoms with Gasteiger partial charge in [0.2, 0.25) is 0 Å². The van der Waals surface area contributed by atoms with Crippen molar-refractivity contribution in [1.82, 2.24) is 0 Å². The normalized spacial score (nSPS) is 10.0. The van der Waals surface area contributed by atoms with Gasteiger partial charge in [0, 0.05) is 0 Å². The maximum Gasteiger partial charge on any atom is 0.122 e. The van der Waals surface area contributed by atoms with Gasteiger partial charge < -0.3 is 4.74 Å². The Hall–Kier alpha value is -1.76. The minimum Gasteiger partial charge on any atom is -0.496 e. The van der Waals surface area contributed by atoms with Gasteiger partial charge >= 0.3 is 0 Å². The molecule has 1 nitrogen and oxygen atoms in total. The third-order valence-corrected chi connectivity index (χ3v) is 2.59. The quantitative estimate of drug-likeness (QED) is 0.715. The summed E-state index contributed by atoms with van der Waals surface area (Å²) < 4.78 is 5.31. The Morgan fingerprint density at radius 1 is 0.867 bits per heavy atom. The van der Waals surface area contributed by atoms with E-state index in [0.717, 1.165) is 5.75 Å². The molecular weight excluding hydrogens is 184 g/mol. The molecule has 1 heteroatoms. The molecule has 0 aliphatic rings. The monoisotopic (exact) mass is 198 g/mol. The van der Waals surface area contributed by atoms with E-state index in [0.29, 0.717) is 0 Å². The Labute approximate surface area is 90.3 Å². The van der Waals surface area contributed by atoms with Crippen molar-refractivity contribution in [3.63, 3.8) is 0 Å². The summed E-state index contributed by atoms with van der Waals surface area (Å²) in [5.74, 6) is 0.941. The van der Waals surface area contributed by atoms with Crippen LogP contribution >= 0.6 is 0 Å². The zero-order valence-corrected chi connectivity index (χ0v) is 9.03. The molecule has 0 amide bonds. The first-order chi connectivity index (χ1) is 7.33. The second-order valence-electron chi connectivity index (χ2n) is 3.50. The first-order valence-corrected chi connectivity index (χ1v) is 5.02. The molecule has 0 bridgehead atoms. The second kappa shape index (κ2) is 4.18. The van der Waals surface area contributed by atoms with E-state index < -0.39 is 0 Å². The Morgan fingerprint density at radius 2 is 1.60 bits per heavy atom. The van der Waals surface area contributed by atoms with E-state index in [2.05, 4.69) is 25.1 Å². The van der Waals surface area contributed by atoms with E-state index >= 15 is 0 Å². The van der Waals surface area contributed by atoms with E-state index in [1.165, 1.54) is 16.7 Å². The molecule has 2 aromatic rings. The highest BCUT2D eigenvalue weighted by Gasteiger charge is 2.04. The van der Waals surface area contributed by atoms with Gasteiger partial charge in [0.05, 0.1) is 7.11 Å². The lowest BCUT2D eigenvalue weighted by atomic mass is 10.0. The molecule has 0 heterocycles. The number of rotatable bonds is 2. The molecule has 15 heavy (non-hydrogen) atoms. The fourth-order valence-electron chi connectivity index (χ4n) is 1.77. The third kappa shape index (κ3) is 1.86. The molecule has 2 aromatic carbocycles. The molecule has 0 saturated heterocycles. The standard InChI is InChI=1S/C14H14O/c1-11-13(9-6-10-14(11)15-2)12-7-4-3-5-8-12/h3-10H,1-2H3. The molecule has 0 aliphatic heterocycles. The molecule has 76 valence electrons. The van der Waals surface area contributed by atoms with E-state index in [1.54, 1.807) is 7.11 Å². The van der Waals surface area contributed by atoms with Gasteiger partial charge in [0.1, 0.15) is 5.75 Å². The van der Waals surface area contributed by atoms with Crippen LogP contribution in [0.15, 0.2) is 48.5 Å². The minimum atomic E-state index is 0.941. The summed E-state index contributed by atoms with van der Waals surface area (Å²) in [6.45, 7) is 2.08. The van der Waals surface area contributed by atoms with Crippen molar-refractivity contribution in [1.29, 1.82) is 0 Å². The van der Waals surface area contributed by atoms with Crippen molar-refractivity contribution < 1.29 is 4.74 Å². The smallest absolute Gasteiger partial charge is 0.122 e. The predicted molar refractivity (Wildman–Crippen MR) is 63.2 cm³/mol. The summed E-state index contributed by atoms with van der Waals surface area (Å²) in [4.78, 5) is 0. The SMILES string of the molecule is COc1cccc(-c2ccccc2)c1C. The van der Waals surface area contributed by atoms with Gasteiger partial charge in [-0.3, -0.25) is 0 Å². The zero-order chi connectivity index (χ0) is 10.7. The highest BCUT2D eigenvalue weighted by molar-refractivity contribution is 5.69. The van der Waals surface area contributed by atoms with Crippen molar-refractivity contribution in [3.05, 3.63) is 54.1 Å². The summed E-state index contributed by atoms with van der Waals surface area (Å²) in [6, 6.07) is 16.5. The van der Waals surface area contributed by atoms with Crippen molar-refractivity contribution in [2.75, 3.05) is 7.11 Å². The Balaban J connectivity index is 2.54. The lowest BCUT2D eigenvalue weighted by Crippen LogP contribution is -1.89. The average Bonchev–Trinajstić information content (AvgIpc) is 2.30. The molecule has 0 aliphatic carbocycles. The first-order valence-electron chi connectivity index (χ1n) is 5.02. The van der Waals surface area contributed by atoms with Crippen LogP contribution in [0.25, 0.3) is 11.1 Å². The van der Waals surface area contributed by atoms with Crippen molar-refractivity contribution in [2.45, 2.75) is 6.92 Å². The molecule has 0 atom stereocenters. The number of ether oxygens (including phenoxy) is 1. The number of hydrogen-bond acceptors (Lipinski definition) is 1. The third-order valence-electron chi connectivity index (χ3n) is 2.59. The van der Waals surface area contributed by atoms with Crippen LogP contribution in [0.1, 0.15) is 5.56 Å². The maximum atomic E-state index is 5.31. The topological polar surface area (TPSA) is 9.23 Å². The van der Waals surface area contributed by atoms with E-state index in [4.69, 9.17) is 4.74 Å². The van der Waals surface area contributed by atoms with Crippen LogP contribution in [-0.2, 0) is 0 Å². The predicted octanol–water partition coefficient (Wildman–Crippen LogP) is 3.67. The molecule has 0 spiro atoms. The highest BCUT2D eigenvalue weighted by atomic mass is 16.5. The summed E-state index contributed by atoms with van der Waals surface area (Å²) in [7, 11) is 1.71. The molecule has 0 fully saturated rings. The molecular formula is C14H14O. The summed E-state index contributed by atoms with van der Waals surface area (Å²) in [5.41, 5.74) is 3.65. The second-order valence-corrected chi connectivity index (χ2v) is 3.50. The van der Waals surface area contributed by atoms with Crippen LogP contribution < -0.4 is 4.74 Å². The lowest BCUT2D eigenvalue weighted by Gasteiger charge is -2.10. The van der Waals surface area contributed by atoms with Crippen LogP contribution in [0.2, 0.25) is 0 Å². The lowest BCUT2D eigenvalue weighted by molar-refractivity contribution is 0.412. The van der Waals surface area contributed by atoms with E-state index in [1.807, 2.05) is 30.3 Å². The molecule has 0 radical (unpaired) electrons. The first kappa shape index (κ1) is 9.78. The maximum absolute atomic E-state index is 5.31. The van der Waals surface area contributed by atoms with Gasteiger partial charge in [-0.25, -0.2) is 0 Å². The highest BCUT2D eigenvalue weighted by Crippen LogP contribution is 2.29. The van der Waals surface area contributed by atoms with Gasteiger partial charge in [0.25, 0.3) is 0 Å². The largest absolute Gasteiger partial charge is 0.496 e. The van der Waals surface area contributed by atoms with Gasteiger partial charge in [-0.2, -0.15) is 0 Å². The van der Waals surface area contributed by atoms with Crippen molar-refractivity contribution in [2.24, 2.45) is 0 Å². The van der Waals surface area contributed by atoms with Gasteiger partial charge in [-0.15, -0.1) is 0 Å². The van der Waals surface area contributed by atoms with Crippen LogP contribution in [-0.4, -0.2) is 7.11 Å². The molecule has 0 unspecified atom stereocenters. The van der Waals surface area contributed by atoms with Crippen LogP contribution in [0.3, 0.4) is 0 Å². The molecule has 0 saturated carbocycles. The summed E-state index contributed by atoms with van der Waals surface area (Å²) >= 11 is 0. The van der Waals surface area contributed by atoms with Crippen LogP contribution in [0.4, 0.5) is 0 Å². The number of methoxy groups -OCH3 is 1. The van der Waals surface area contributed by atoms with E-state index in [9.17, 15) is 0 Å². The minimum absolute atomic E-state index is 0.941.